The lowest BCUT2D eigenvalue weighted by atomic mass is 9.68. The third-order valence-corrected chi connectivity index (χ3v) is 5.79. The fourth-order valence-corrected chi connectivity index (χ4v) is 4.12. The Bertz CT molecular complexity index is 1110. The van der Waals surface area contributed by atoms with Gasteiger partial charge in [-0.25, -0.2) is 0 Å². The fraction of sp³-hybridized carbons (Fsp3) is 0.304. The molecule has 1 aromatic heterocycles. The summed E-state index contributed by atoms with van der Waals surface area (Å²) in [5.41, 5.74) is 2.77. The van der Waals surface area contributed by atoms with E-state index in [1.165, 1.54) is 0 Å². The minimum absolute atomic E-state index is 0.0338. The number of ether oxygens (including phenoxy) is 1. The predicted molar refractivity (Wildman–Crippen MR) is 106 cm³/mol. The Morgan fingerprint density at radius 3 is 2.85 bits per heavy atom. The van der Waals surface area contributed by atoms with E-state index in [0.29, 0.717) is 13.0 Å². The molecule has 0 bridgehead atoms. The van der Waals surface area contributed by atoms with Crippen LogP contribution in [-0.2, 0) is 11.8 Å². The van der Waals surface area contributed by atoms with Crippen LogP contribution >= 0.6 is 0 Å². The Labute approximate surface area is 158 Å². The van der Waals surface area contributed by atoms with E-state index in [9.17, 15) is 10.1 Å². The molecule has 4 rings (SSSR count). The lowest BCUT2D eigenvalue weighted by Crippen LogP contribution is -2.32. The maximum Gasteiger partial charge on any atom is 0.251 e. The zero-order valence-electron chi connectivity index (χ0n) is 15.6. The minimum atomic E-state index is -0.714. The molecule has 0 saturated heterocycles. The summed E-state index contributed by atoms with van der Waals surface area (Å²) in [6.07, 6.45) is 1.48. The molecule has 1 aliphatic heterocycles. The molecule has 27 heavy (non-hydrogen) atoms. The van der Waals surface area contributed by atoms with E-state index >= 15 is 0 Å². The van der Waals surface area contributed by atoms with Crippen molar-refractivity contribution in [2.24, 2.45) is 0 Å². The van der Waals surface area contributed by atoms with Gasteiger partial charge in [-0.1, -0.05) is 37.3 Å². The highest BCUT2D eigenvalue weighted by Gasteiger charge is 2.40. The summed E-state index contributed by atoms with van der Waals surface area (Å²) >= 11 is 0. The number of H-pyrrole nitrogens is 1. The monoisotopic (exact) mass is 358 g/mol. The van der Waals surface area contributed by atoms with E-state index in [4.69, 9.17) is 4.74 Å². The van der Waals surface area contributed by atoms with Crippen LogP contribution in [0.1, 0.15) is 42.9 Å². The zero-order valence-corrected chi connectivity index (χ0v) is 15.6. The molecular weight excluding hydrogens is 336 g/mol. The average molecular weight is 358 g/mol. The first-order valence-electron chi connectivity index (χ1n) is 9.36. The van der Waals surface area contributed by atoms with Crippen LogP contribution in [0.2, 0.25) is 0 Å². The number of nitrogens with zero attached hydrogens (tertiary/aromatic N) is 1. The number of hydrogen-bond acceptors (Lipinski definition) is 3. The van der Waals surface area contributed by atoms with Crippen molar-refractivity contribution >= 4 is 10.9 Å². The number of para-hydroxylation sites is 1. The van der Waals surface area contributed by atoms with Gasteiger partial charge in [-0.15, -0.1) is 0 Å². The van der Waals surface area contributed by atoms with Gasteiger partial charge in [-0.05, 0) is 54.5 Å². The molecule has 2 aromatic carbocycles. The molecule has 3 aromatic rings. The van der Waals surface area contributed by atoms with Gasteiger partial charge in [-0.3, -0.25) is 4.79 Å². The summed E-state index contributed by atoms with van der Waals surface area (Å²) in [4.78, 5) is 15.2. The second kappa shape index (κ2) is 6.59. The van der Waals surface area contributed by atoms with Crippen LogP contribution in [0, 0.1) is 11.3 Å². The fourth-order valence-electron chi connectivity index (χ4n) is 4.12. The van der Waals surface area contributed by atoms with Crippen molar-refractivity contribution in [1.29, 1.82) is 5.26 Å². The predicted octanol–water partition coefficient (Wildman–Crippen LogP) is 4.44. The number of rotatable bonds is 3. The number of nitrogens with one attached hydrogen (secondary N) is 1. The summed E-state index contributed by atoms with van der Waals surface area (Å²) < 4.78 is 5.78. The lowest BCUT2D eigenvalue weighted by Gasteiger charge is -2.36. The van der Waals surface area contributed by atoms with E-state index in [2.05, 4.69) is 11.1 Å². The van der Waals surface area contributed by atoms with Gasteiger partial charge in [0.1, 0.15) is 5.75 Å². The molecule has 0 unspecified atom stereocenters. The summed E-state index contributed by atoms with van der Waals surface area (Å²) in [5.74, 6) is 0.892. The van der Waals surface area contributed by atoms with Crippen LogP contribution in [0.4, 0.5) is 0 Å². The Morgan fingerprint density at radius 2 is 2.07 bits per heavy atom. The number of aromatic nitrogens is 1. The van der Waals surface area contributed by atoms with Gasteiger partial charge in [0.15, 0.2) is 0 Å². The van der Waals surface area contributed by atoms with Crippen molar-refractivity contribution in [3.05, 3.63) is 75.6 Å². The summed E-state index contributed by atoms with van der Waals surface area (Å²) in [7, 11) is 0. The van der Waals surface area contributed by atoms with Crippen LogP contribution in [0.5, 0.6) is 5.75 Å². The third-order valence-electron chi connectivity index (χ3n) is 5.79. The smallest absolute Gasteiger partial charge is 0.251 e. The second-order valence-corrected chi connectivity index (χ2v) is 7.32. The normalized spacial score (nSPS) is 18.2. The molecule has 0 amide bonds. The molecule has 0 saturated carbocycles. The van der Waals surface area contributed by atoms with Crippen LogP contribution in [0.3, 0.4) is 0 Å². The number of pyridine rings is 1. The molecule has 1 N–H and O–H groups in total. The van der Waals surface area contributed by atoms with Gasteiger partial charge in [0.05, 0.1) is 18.1 Å². The van der Waals surface area contributed by atoms with Gasteiger partial charge < -0.3 is 9.72 Å². The summed E-state index contributed by atoms with van der Waals surface area (Å²) in [6.45, 7) is 4.56. The van der Waals surface area contributed by atoms with E-state index in [0.717, 1.165) is 39.8 Å². The molecule has 0 fully saturated rings. The SMILES string of the molecule is CCc1cc2ccc([C@@](C)(C#N)[C@H]3CCOc4ccccc43)cc2[nH]c1=O. The Kier molecular flexibility index (Phi) is 4.24. The van der Waals surface area contributed by atoms with Crippen LogP contribution < -0.4 is 10.3 Å². The van der Waals surface area contributed by atoms with Crippen molar-refractivity contribution < 1.29 is 4.74 Å². The van der Waals surface area contributed by atoms with Gasteiger partial charge in [0.25, 0.3) is 5.56 Å². The summed E-state index contributed by atoms with van der Waals surface area (Å²) in [6, 6.07) is 18.4. The minimum Gasteiger partial charge on any atom is -0.493 e. The average Bonchev–Trinajstić information content (AvgIpc) is 2.71. The topological polar surface area (TPSA) is 65.9 Å². The molecule has 0 radical (unpaired) electrons. The third kappa shape index (κ3) is 2.80. The van der Waals surface area contributed by atoms with Crippen molar-refractivity contribution in [1.82, 2.24) is 4.98 Å². The molecule has 4 heteroatoms. The Morgan fingerprint density at radius 1 is 1.26 bits per heavy atom. The van der Waals surface area contributed by atoms with E-state index in [-0.39, 0.29) is 11.5 Å². The van der Waals surface area contributed by atoms with Crippen molar-refractivity contribution in [3.63, 3.8) is 0 Å². The highest BCUT2D eigenvalue weighted by molar-refractivity contribution is 5.80. The van der Waals surface area contributed by atoms with E-state index in [1.807, 2.05) is 62.4 Å². The van der Waals surface area contributed by atoms with E-state index in [1.54, 1.807) is 0 Å². The molecule has 136 valence electrons. The number of nitriles is 1. The maximum absolute atomic E-state index is 12.2. The Balaban J connectivity index is 1.85. The quantitative estimate of drug-likeness (QED) is 0.753. The first kappa shape index (κ1) is 17.4. The number of hydrogen-bond donors (Lipinski definition) is 1. The highest BCUT2D eigenvalue weighted by atomic mass is 16.5. The van der Waals surface area contributed by atoms with Gasteiger partial charge in [-0.2, -0.15) is 5.26 Å². The zero-order chi connectivity index (χ0) is 19.0. The molecule has 2 heterocycles. The lowest BCUT2D eigenvalue weighted by molar-refractivity contribution is 0.243. The van der Waals surface area contributed by atoms with E-state index < -0.39 is 5.41 Å². The largest absolute Gasteiger partial charge is 0.493 e. The van der Waals surface area contributed by atoms with Crippen LogP contribution in [0.15, 0.2) is 53.3 Å². The number of fused-ring (bicyclic) bond motifs is 2. The Hall–Kier alpha value is -3.06. The van der Waals surface area contributed by atoms with Crippen LogP contribution in [-0.4, -0.2) is 11.6 Å². The maximum atomic E-state index is 12.2. The van der Waals surface area contributed by atoms with Gasteiger partial charge in [0.2, 0.25) is 0 Å². The summed E-state index contributed by atoms with van der Waals surface area (Å²) in [5, 5.41) is 11.2. The standard InChI is InChI=1S/C23H22N2O2/c1-3-15-12-16-8-9-17(13-20(16)25-22(15)26)23(2,14-24)19-10-11-27-21-7-5-4-6-18(19)21/h4-9,12-13,19H,3,10-11H2,1-2H3,(H,25,26)/t19-,23+/m0/s1. The second-order valence-electron chi connectivity index (χ2n) is 7.32. The van der Waals surface area contributed by atoms with Crippen molar-refractivity contribution in [3.8, 4) is 11.8 Å². The first-order chi connectivity index (χ1) is 13.1. The van der Waals surface area contributed by atoms with Crippen LogP contribution in [0.25, 0.3) is 10.9 Å². The highest BCUT2D eigenvalue weighted by Crippen LogP contribution is 2.46. The molecule has 0 spiro atoms. The number of aryl methyl sites for hydroxylation is 1. The molecule has 1 aliphatic rings. The number of aromatic amines is 1. The molecular formula is C23H22N2O2. The number of benzene rings is 2. The molecule has 0 aliphatic carbocycles. The van der Waals surface area contributed by atoms with Crippen molar-refractivity contribution in [2.45, 2.75) is 38.0 Å². The molecule has 4 nitrogen and oxygen atoms in total. The van der Waals surface area contributed by atoms with Crippen molar-refractivity contribution in [2.75, 3.05) is 6.61 Å². The van der Waals surface area contributed by atoms with Gasteiger partial charge >= 0.3 is 0 Å². The van der Waals surface area contributed by atoms with Gasteiger partial charge in [0, 0.05) is 17.0 Å². The first-order valence-corrected chi connectivity index (χ1v) is 9.36. The molecule has 2 atom stereocenters.